The van der Waals surface area contributed by atoms with Gasteiger partial charge in [-0.25, -0.2) is 0 Å². The first-order chi connectivity index (χ1) is 28.6. The maximum atomic E-state index is 15.6. The third kappa shape index (κ3) is 6.02. The highest BCUT2D eigenvalue weighted by atomic mass is 35.5. The number of hydrogen-bond acceptors (Lipinski definition) is 9. The summed E-state index contributed by atoms with van der Waals surface area (Å²) >= 11 is 12.8. The van der Waals surface area contributed by atoms with Gasteiger partial charge in [-0.2, -0.15) is 5.01 Å². The van der Waals surface area contributed by atoms with Crippen LogP contribution in [0, 0.1) is 23.7 Å². The second kappa shape index (κ2) is 14.8. The molecule has 4 amide bonds. The van der Waals surface area contributed by atoms with E-state index in [9.17, 15) is 14.7 Å². The summed E-state index contributed by atoms with van der Waals surface area (Å²) in [7, 11) is 3.00. The Morgan fingerprint density at radius 2 is 1.49 bits per heavy atom. The Morgan fingerprint density at radius 3 is 2.19 bits per heavy atom. The quantitative estimate of drug-likeness (QED) is 0.0985. The van der Waals surface area contributed by atoms with Gasteiger partial charge in [0.15, 0.2) is 0 Å². The predicted molar refractivity (Wildman–Crippen MR) is 224 cm³/mol. The first-order valence-electron chi connectivity index (χ1n) is 19.2. The van der Waals surface area contributed by atoms with Crippen LogP contribution >= 0.6 is 23.2 Å². The van der Waals surface area contributed by atoms with Gasteiger partial charge in [-0.15, -0.1) is 0 Å². The number of hydrogen-bond donors (Lipinski definition) is 3. The molecule has 4 aliphatic rings. The van der Waals surface area contributed by atoms with Crippen molar-refractivity contribution in [3.8, 4) is 17.2 Å². The van der Waals surface area contributed by atoms with Crippen molar-refractivity contribution < 1.29 is 33.8 Å². The van der Waals surface area contributed by atoms with E-state index in [2.05, 4.69) is 10.7 Å². The fraction of sp³-hybridized carbons (Fsp3) is 0.217. The largest absolute Gasteiger partial charge is 0.508 e. The van der Waals surface area contributed by atoms with Crippen molar-refractivity contribution in [2.24, 2.45) is 23.7 Å². The van der Waals surface area contributed by atoms with Crippen molar-refractivity contribution in [2.45, 2.75) is 24.2 Å². The fourth-order valence-corrected chi connectivity index (χ4v) is 10.2. The number of nitrogens with one attached hydrogen (secondary N) is 2. The Hall–Kier alpha value is -6.30. The number of imide groups is 2. The van der Waals surface area contributed by atoms with Crippen LogP contribution in [0.5, 0.6) is 17.2 Å². The number of benzene rings is 5. The van der Waals surface area contributed by atoms with Crippen molar-refractivity contribution in [3.05, 3.63) is 148 Å². The second-order valence-electron chi connectivity index (χ2n) is 15.2. The van der Waals surface area contributed by atoms with E-state index < -0.39 is 46.8 Å². The van der Waals surface area contributed by atoms with Crippen molar-refractivity contribution in [1.29, 1.82) is 0 Å². The molecule has 3 N–H and O–H groups in total. The molecule has 2 aliphatic carbocycles. The molecule has 11 nitrogen and oxygen atoms in total. The van der Waals surface area contributed by atoms with Crippen molar-refractivity contribution in [3.63, 3.8) is 0 Å². The van der Waals surface area contributed by atoms with Crippen molar-refractivity contribution >= 4 is 69.6 Å². The van der Waals surface area contributed by atoms with Crippen molar-refractivity contribution in [2.75, 3.05) is 29.9 Å². The summed E-state index contributed by atoms with van der Waals surface area (Å²) in [5, 5.41) is 16.7. The van der Waals surface area contributed by atoms with Gasteiger partial charge in [0, 0.05) is 27.9 Å². The van der Waals surface area contributed by atoms with Gasteiger partial charge in [0.05, 0.1) is 53.8 Å². The van der Waals surface area contributed by atoms with Crippen LogP contribution in [0.4, 0.5) is 22.7 Å². The van der Waals surface area contributed by atoms with Gasteiger partial charge in [-0.3, -0.25) is 29.5 Å². The number of phenolic OH excluding ortho intramolecular Hbond substituents is 1. The number of carbonyl (C=O) groups excluding carboxylic acids is 4. The average molecular weight is 830 g/mol. The van der Waals surface area contributed by atoms with E-state index in [1.807, 2.05) is 48.5 Å². The average Bonchev–Trinajstić information content (AvgIpc) is 3.63. The summed E-state index contributed by atoms with van der Waals surface area (Å²) in [6, 6.07) is 33.2. The fourth-order valence-electron chi connectivity index (χ4n) is 9.79. The minimum atomic E-state index is -1.68. The molecule has 2 aliphatic heterocycles. The second-order valence-corrected chi connectivity index (χ2v) is 16.0. The molecule has 5 aromatic carbocycles. The molecule has 2 heterocycles. The molecule has 6 atom stereocenters. The lowest BCUT2D eigenvalue weighted by Crippen LogP contribution is -2.53. The monoisotopic (exact) mass is 828 g/mol. The summed E-state index contributed by atoms with van der Waals surface area (Å²) < 4.78 is 11.4. The van der Waals surface area contributed by atoms with Crippen LogP contribution in [-0.2, 0) is 24.6 Å². The highest BCUT2D eigenvalue weighted by Gasteiger charge is 2.71. The number of hydrazine groups is 1. The minimum Gasteiger partial charge on any atom is -0.508 e. The number of methoxy groups -OCH3 is 2. The van der Waals surface area contributed by atoms with Gasteiger partial charge in [-0.1, -0.05) is 71.2 Å². The summed E-state index contributed by atoms with van der Waals surface area (Å²) in [5.41, 5.74) is 5.12. The third-order valence-electron chi connectivity index (χ3n) is 12.3. The molecular formula is C46H38Cl2N4O7. The molecule has 1 saturated carbocycles. The first kappa shape index (κ1) is 38.2. The van der Waals surface area contributed by atoms with Crippen LogP contribution in [0.15, 0.2) is 127 Å². The van der Waals surface area contributed by atoms with E-state index in [1.165, 1.54) is 31.3 Å². The number of para-hydroxylation sites is 1. The maximum Gasteiger partial charge on any atom is 0.260 e. The zero-order valence-corrected chi connectivity index (χ0v) is 33.4. The molecule has 5 aromatic rings. The highest BCUT2D eigenvalue weighted by Crippen LogP contribution is 2.66. The lowest BCUT2D eigenvalue weighted by atomic mass is 9.49. The lowest BCUT2D eigenvalue weighted by Gasteiger charge is -2.50. The SMILES string of the molecule is COc1ccc(C23C(=O)N(Nc4ccc(Cl)cc4Cl)C(=O)C2CC2C(=CCC4C(=O)N(c5ccc(Nc6ccccc6)cc5)C(=O)C42)C3c2c(O)cccc2OC)cc1. The normalized spacial score (nSPS) is 24.6. The molecule has 2 saturated heterocycles. The predicted octanol–water partition coefficient (Wildman–Crippen LogP) is 8.65. The van der Waals surface area contributed by atoms with Crippen LogP contribution in [-0.4, -0.2) is 48.0 Å². The Bertz CT molecular complexity index is 2550. The molecule has 9 rings (SSSR count). The summed E-state index contributed by atoms with van der Waals surface area (Å²) in [6.07, 6.45) is 2.18. The summed E-state index contributed by atoms with van der Waals surface area (Å²) in [5.74, 6) is -5.57. The first-order valence-corrected chi connectivity index (χ1v) is 19.9. The van der Waals surface area contributed by atoms with Crippen LogP contribution in [0.25, 0.3) is 0 Å². The van der Waals surface area contributed by atoms with Gasteiger partial charge in [0.25, 0.3) is 11.8 Å². The number of rotatable bonds is 9. The van der Waals surface area contributed by atoms with Gasteiger partial charge < -0.3 is 19.9 Å². The van der Waals surface area contributed by atoms with Gasteiger partial charge >= 0.3 is 0 Å². The highest BCUT2D eigenvalue weighted by molar-refractivity contribution is 6.36. The Kier molecular flexibility index (Phi) is 9.60. The molecule has 298 valence electrons. The molecule has 3 fully saturated rings. The van der Waals surface area contributed by atoms with Gasteiger partial charge in [0.1, 0.15) is 17.2 Å². The standard InChI is InChI=1S/C46H38Cl2N4O7/c1-58-30-18-11-25(12-19-30)46-34(43(55)52(45(46)57)50-36-22-13-26(47)23-35(36)48)24-33-31(41(46)40-37(53)9-6-10-38(40)59-2)20-21-32-39(33)44(56)51(42(32)54)29-16-14-28(15-17-29)49-27-7-4-3-5-8-27/h3-20,22-23,32-34,39,41,49-50,53H,21,24H2,1-2H3. The van der Waals surface area contributed by atoms with Crippen LogP contribution < -0.4 is 25.1 Å². The molecule has 0 spiro atoms. The molecular weight excluding hydrogens is 791 g/mol. The number of amides is 4. The molecule has 13 heteroatoms. The number of halogens is 2. The van der Waals surface area contributed by atoms with E-state index in [4.69, 9.17) is 32.7 Å². The lowest BCUT2D eigenvalue weighted by molar-refractivity contribution is -0.138. The summed E-state index contributed by atoms with van der Waals surface area (Å²) in [4.78, 5) is 61.0. The van der Waals surface area contributed by atoms with Crippen LogP contribution in [0.3, 0.4) is 0 Å². The summed E-state index contributed by atoms with van der Waals surface area (Å²) in [6.45, 7) is 0. The molecule has 0 radical (unpaired) electrons. The Balaban J connectivity index is 1.18. The van der Waals surface area contributed by atoms with Crippen molar-refractivity contribution in [1.82, 2.24) is 5.01 Å². The van der Waals surface area contributed by atoms with Crippen LogP contribution in [0.1, 0.15) is 29.9 Å². The molecule has 0 bridgehead atoms. The Labute approximate surface area is 350 Å². The number of aromatic hydroxyl groups is 1. The number of phenols is 1. The molecule has 59 heavy (non-hydrogen) atoms. The van der Waals surface area contributed by atoms with E-state index in [-0.39, 0.29) is 52.4 Å². The van der Waals surface area contributed by atoms with Crippen LogP contribution in [0.2, 0.25) is 10.0 Å². The number of ether oxygens (including phenoxy) is 2. The minimum absolute atomic E-state index is 0.0509. The topological polar surface area (TPSA) is 138 Å². The van der Waals surface area contributed by atoms with E-state index in [0.717, 1.165) is 16.4 Å². The smallest absolute Gasteiger partial charge is 0.260 e. The van der Waals surface area contributed by atoms with Gasteiger partial charge in [0.2, 0.25) is 11.8 Å². The number of carbonyl (C=O) groups is 4. The van der Waals surface area contributed by atoms with E-state index in [1.54, 1.807) is 60.7 Å². The third-order valence-corrected chi connectivity index (χ3v) is 12.9. The maximum absolute atomic E-state index is 15.6. The van der Waals surface area contributed by atoms with Gasteiger partial charge in [-0.05, 0) is 103 Å². The van der Waals surface area contributed by atoms with E-state index >= 15 is 9.59 Å². The zero-order valence-electron chi connectivity index (χ0n) is 31.9. The zero-order chi connectivity index (χ0) is 41.2. The molecule has 0 aromatic heterocycles. The molecule has 6 unspecified atom stereocenters. The number of nitrogens with zero attached hydrogens (tertiary/aromatic N) is 2. The van der Waals surface area contributed by atoms with E-state index in [0.29, 0.717) is 27.6 Å². The number of anilines is 4. The number of allylic oxidation sites excluding steroid dienone is 2. The number of fused-ring (bicyclic) bond motifs is 4. The Morgan fingerprint density at radius 1 is 0.763 bits per heavy atom.